The van der Waals surface area contributed by atoms with Crippen molar-refractivity contribution in [3.8, 4) is 5.75 Å². The van der Waals surface area contributed by atoms with Crippen LogP contribution in [0.1, 0.15) is 29.2 Å². The van der Waals surface area contributed by atoms with Crippen LogP contribution in [0.15, 0.2) is 78.9 Å². The maximum Gasteiger partial charge on any atom is 0.243 e. The van der Waals surface area contributed by atoms with E-state index in [1.54, 1.807) is 18.2 Å². The monoisotopic (exact) mass is 500 g/mol. The molecule has 0 saturated carbocycles. The number of nitrogen functional groups attached to an aromatic ring is 1. The molecule has 6 rings (SSSR count). The van der Waals surface area contributed by atoms with Crippen molar-refractivity contribution in [2.45, 2.75) is 43.7 Å². The number of likely N-dealkylation sites (tertiary alicyclic amines) is 1. The van der Waals surface area contributed by atoms with Gasteiger partial charge in [0.25, 0.3) is 0 Å². The second-order valence-corrected chi connectivity index (χ2v) is 9.65. The largest absolute Gasteiger partial charge is 0.486 e. The smallest absolute Gasteiger partial charge is 0.243 e. The summed E-state index contributed by atoms with van der Waals surface area (Å²) in [6, 6.07) is 23.2. The third kappa shape index (κ3) is 5.76. The molecule has 3 aliphatic heterocycles. The van der Waals surface area contributed by atoms with E-state index in [9.17, 15) is 14.7 Å². The number of ether oxygens (including phenoxy) is 1. The average Bonchev–Trinajstić information content (AvgIpc) is 3.30. The predicted molar refractivity (Wildman–Crippen MR) is 141 cm³/mol. The van der Waals surface area contributed by atoms with Crippen LogP contribution in [0.3, 0.4) is 0 Å². The molecule has 0 unspecified atom stereocenters. The van der Waals surface area contributed by atoms with Crippen molar-refractivity contribution < 1.29 is 19.4 Å². The van der Waals surface area contributed by atoms with Gasteiger partial charge in [-0.3, -0.25) is 14.5 Å². The molecule has 3 aliphatic rings. The Hall–Kier alpha value is -3.88. The summed E-state index contributed by atoms with van der Waals surface area (Å²) in [6.07, 6.45) is -0.446. The Labute approximate surface area is 216 Å². The van der Waals surface area contributed by atoms with E-state index < -0.39 is 24.3 Å². The topological polar surface area (TPSA) is 117 Å². The molecule has 0 aliphatic carbocycles. The Balaban J connectivity index is 1.48. The zero-order chi connectivity index (χ0) is 25.8. The van der Waals surface area contributed by atoms with E-state index in [0.29, 0.717) is 42.9 Å². The standard InChI is InChI=1S/C29H32N4O4/c30-22-16-21-11-12-25(22)37-26-13-14-33(18-20-9-5-2-6-10-20)27(26)29(36)32-23(28(35)31-17-24(21)34)15-19-7-3-1-4-8-19/h1-12,16,23-24,26-27,34H,13-15,17-18,30H2,(H,31,35)(H,32,36)/t23-,24+,26+,27+/m1/s1. The van der Waals surface area contributed by atoms with Gasteiger partial charge in [-0.15, -0.1) is 0 Å². The van der Waals surface area contributed by atoms with Gasteiger partial charge in [0.1, 0.15) is 23.9 Å². The number of hydrogen-bond acceptors (Lipinski definition) is 6. The SMILES string of the molecule is Nc1cc2ccc1O[C@H]1CCN(Cc3ccccc3)[C@@H]1C(=O)N[C@H](Cc1ccccc1)C(=O)NC[C@@H]2O. The van der Waals surface area contributed by atoms with E-state index in [0.717, 1.165) is 11.1 Å². The maximum absolute atomic E-state index is 13.8. The molecule has 0 aromatic heterocycles. The summed E-state index contributed by atoms with van der Waals surface area (Å²) in [5, 5.41) is 16.4. The van der Waals surface area contributed by atoms with Gasteiger partial charge < -0.3 is 26.2 Å². The summed E-state index contributed by atoms with van der Waals surface area (Å²) in [6.45, 7) is 1.23. The van der Waals surface area contributed by atoms with Crippen molar-refractivity contribution in [1.82, 2.24) is 15.5 Å². The molecule has 0 radical (unpaired) electrons. The second-order valence-electron chi connectivity index (χ2n) is 9.65. The lowest BCUT2D eigenvalue weighted by Gasteiger charge is -2.30. The van der Waals surface area contributed by atoms with Gasteiger partial charge in [-0.05, 0) is 35.2 Å². The number of anilines is 1. The number of nitrogens with one attached hydrogen (secondary N) is 2. The van der Waals surface area contributed by atoms with Crippen molar-refractivity contribution in [3.63, 3.8) is 0 Å². The normalized spacial score (nSPS) is 24.5. The van der Waals surface area contributed by atoms with Gasteiger partial charge in [0.05, 0.1) is 11.8 Å². The van der Waals surface area contributed by atoms with Crippen LogP contribution in [-0.4, -0.2) is 53.1 Å². The zero-order valence-electron chi connectivity index (χ0n) is 20.5. The number of carbonyl (C=O) groups excluding carboxylic acids is 2. The van der Waals surface area contributed by atoms with Gasteiger partial charge in [0.2, 0.25) is 11.8 Å². The minimum absolute atomic E-state index is 0.00811. The lowest BCUT2D eigenvalue weighted by molar-refractivity contribution is -0.133. The molecule has 0 spiro atoms. The number of hydrogen-bond donors (Lipinski definition) is 4. The summed E-state index contributed by atoms with van der Waals surface area (Å²) in [5.74, 6) is -0.160. The summed E-state index contributed by atoms with van der Waals surface area (Å²) >= 11 is 0. The van der Waals surface area contributed by atoms with Gasteiger partial charge in [-0.25, -0.2) is 0 Å². The lowest BCUT2D eigenvalue weighted by Crippen LogP contribution is -2.56. The first-order valence-corrected chi connectivity index (χ1v) is 12.6. The Kier molecular flexibility index (Phi) is 7.39. The molecule has 8 nitrogen and oxygen atoms in total. The molecule has 192 valence electrons. The van der Waals surface area contributed by atoms with Gasteiger partial charge in [-0.2, -0.15) is 0 Å². The Morgan fingerprint density at radius 1 is 0.946 bits per heavy atom. The lowest BCUT2D eigenvalue weighted by atomic mass is 10.0. The van der Waals surface area contributed by atoms with Crippen LogP contribution in [-0.2, 0) is 22.6 Å². The molecule has 3 aromatic rings. The van der Waals surface area contributed by atoms with E-state index in [-0.39, 0.29) is 18.4 Å². The fourth-order valence-electron chi connectivity index (χ4n) is 5.08. The first kappa shape index (κ1) is 24.8. The summed E-state index contributed by atoms with van der Waals surface area (Å²) in [4.78, 5) is 29.2. The van der Waals surface area contributed by atoms with Crippen molar-refractivity contribution in [2.75, 3.05) is 18.8 Å². The molecule has 4 atom stereocenters. The molecule has 2 amide bonds. The molecule has 2 bridgehead atoms. The molecule has 1 saturated heterocycles. The highest BCUT2D eigenvalue weighted by atomic mass is 16.5. The first-order valence-electron chi connectivity index (χ1n) is 12.6. The second kappa shape index (κ2) is 11.0. The van der Waals surface area contributed by atoms with Crippen molar-refractivity contribution in [3.05, 3.63) is 95.6 Å². The molecule has 1 fully saturated rings. The van der Waals surface area contributed by atoms with Crippen molar-refractivity contribution in [1.29, 1.82) is 0 Å². The minimum atomic E-state index is -0.947. The van der Waals surface area contributed by atoms with E-state index in [1.807, 2.05) is 60.7 Å². The van der Waals surface area contributed by atoms with E-state index in [1.165, 1.54) is 0 Å². The van der Waals surface area contributed by atoms with E-state index in [4.69, 9.17) is 10.5 Å². The first-order chi connectivity index (χ1) is 18.0. The third-order valence-corrected chi connectivity index (χ3v) is 7.03. The van der Waals surface area contributed by atoms with Crippen LogP contribution in [0, 0.1) is 0 Å². The molecule has 5 N–H and O–H groups in total. The number of amides is 2. The summed E-state index contributed by atoms with van der Waals surface area (Å²) in [5.41, 5.74) is 9.23. The van der Waals surface area contributed by atoms with Crippen LogP contribution in [0.5, 0.6) is 5.75 Å². The number of rotatable bonds is 4. The predicted octanol–water partition coefficient (Wildman–Crippen LogP) is 2.18. The van der Waals surface area contributed by atoms with Crippen LogP contribution in [0.25, 0.3) is 0 Å². The van der Waals surface area contributed by atoms with Crippen LogP contribution in [0.2, 0.25) is 0 Å². The van der Waals surface area contributed by atoms with Gasteiger partial charge >= 0.3 is 0 Å². The molecular weight excluding hydrogens is 468 g/mol. The maximum atomic E-state index is 13.8. The molecule has 8 heteroatoms. The van der Waals surface area contributed by atoms with Gasteiger partial charge in [0, 0.05) is 26.1 Å². The van der Waals surface area contributed by atoms with Crippen LogP contribution < -0.4 is 21.1 Å². The quantitative estimate of drug-likeness (QED) is 0.408. The Morgan fingerprint density at radius 2 is 1.65 bits per heavy atom. The molecule has 3 aromatic carbocycles. The fraction of sp³-hybridized carbons (Fsp3) is 0.310. The number of aliphatic hydroxyl groups is 1. The van der Waals surface area contributed by atoms with E-state index >= 15 is 0 Å². The summed E-state index contributed by atoms with van der Waals surface area (Å²) in [7, 11) is 0. The van der Waals surface area contributed by atoms with Crippen molar-refractivity contribution >= 4 is 17.5 Å². The van der Waals surface area contributed by atoms with Gasteiger partial charge in [0.15, 0.2) is 0 Å². The molecule has 3 heterocycles. The minimum Gasteiger partial charge on any atom is -0.486 e. The molecular formula is C29H32N4O4. The number of aliphatic hydroxyl groups excluding tert-OH is 1. The number of benzene rings is 3. The highest BCUT2D eigenvalue weighted by Crippen LogP contribution is 2.31. The Morgan fingerprint density at radius 3 is 2.35 bits per heavy atom. The number of nitrogens with two attached hydrogens (primary N) is 1. The summed E-state index contributed by atoms with van der Waals surface area (Å²) < 4.78 is 6.31. The third-order valence-electron chi connectivity index (χ3n) is 7.03. The van der Waals surface area contributed by atoms with E-state index in [2.05, 4.69) is 15.5 Å². The number of carbonyl (C=O) groups is 2. The van der Waals surface area contributed by atoms with Crippen molar-refractivity contribution in [2.24, 2.45) is 0 Å². The zero-order valence-corrected chi connectivity index (χ0v) is 20.5. The Bertz CT molecular complexity index is 1240. The van der Waals surface area contributed by atoms with Gasteiger partial charge in [-0.1, -0.05) is 66.7 Å². The van der Waals surface area contributed by atoms with Crippen LogP contribution >= 0.6 is 0 Å². The number of nitrogens with zero attached hydrogens (tertiary/aromatic N) is 1. The highest BCUT2D eigenvalue weighted by molar-refractivity contribution is 5.90. The number of fused-ring (bicyclic) bond motifs is 8. The highest BCUT2D eigenvalue weighted by Gasteiger charge is 2.42. The average molecular weight is 501 g/mol. The molecule has 37 heavy (non-hydrogen) atoms. The fourth-order valence-corrected chi connectivity index (χ4v) is 5.08. The van der Waals surface area contributed by atoms with Crippen LogP contribution in [0.4, 0.5) is 5.69 Å².